The van der Waals surface area contributed by atoms with Crippen molar-refractivity contribution in [3.8, 4) is 0 Å². The van der Waals surface area contributed by atoms with Crippen LogP contribution in [0.2, 0.25) is 0 Å². The summed E-state index contributed by atoms with van der Waals surface area (Å²) in [6.07, 6.45) is 10.2. The molecular weight excluding hydrogens is 292 g/mol. The molecule has 4 rings (SSSR count). The van der Waals surface area contributed by atoms with E-state index < -0.39 is 0 Å². The van der Waals surface area contributed by atoms with Crippen LogP contribution in [0.3, 0.4) is 0 Å². The first-order valence-corrected chi connectivity index (χ1v) is 8.19. The predicted molar refractivity (Wildman–Crippen MR) is 85.3 cm³/mol. The maximum absolute atomic E-state index is 12.5. The molecule has 7 nitrogen and oxygen atoms in total. The Hall–Kier alpha value is -2.44. The first-order chi connectivity index (χ1) is 11.3. The van der Waals surface area contributed by atoms with E-state index in [0.29, 0.717) is 5.69 Å². The molecule has 0 spiro atoms. The van der Waals surface area contributed by atoms with Gasteiger partial charge in [0.25, 0.3) is 5.91 Å². The molecular formula is C16H20N6O. The molecule has 1 saturated heterocycles. The molecule has 120 valence electrons. The lowest BCUT2D eigenvalue weighted by Crippen LogP contribution is -2.48. The molecule has 1 aliphatic carbocycles. The highest BCUT2D eigenvalue weighted by Crippen LogP contribution is 2.23. The minimum absolute atomic E-state index is 0.0598. The van der Waals surface area contributed by atoms with Gasteiger partial charge in [-0.2, -0.15) is 5.10 Å². The number of nitrogens with zero attached hydrogens (tertiary/aromatic N) is 4. The van der Waals surface area contributed by atoms with Crippen molar-refractivity contribution in [1.29, 1.82) is 0 Å². The quantitative estimate of drug-likeness (QED) is 0.886. The molecule has 0 aromatic carbocycles. The van der Waals surface area contributed by atoms with Crippen LogP contribution in [0.1, 0.15) is 41.0 Å². The molecule has 23 heavy (non-hydrogen) atoms. The fourth-order valence-corrected chi connectivity index (χ4v) is 3.52. The van der Waals surface area contributed by atoms with Crippen molar-refractivity contribution in [3.05, 3.63) is 35.5 Å². The lowest BCUT2D eigenvalue weighted by Gasteiger charge is -2.33. The van der Waals surface area contributed by atoms with Crippen molar-refractivity contribution < 1.29 is 4.79 Å². The van der Waals surface area contributed by atoms with Gasteiger partial charge < -0.3 is 10.2 Å². The lowest BCUT2D eigenvalue weighted by atomic mass is 10.1. The highest BCUT2D eigenvalue weighted by atomic mass is 16.2. The summed E-state index contributed by atoms with van der Waals surface area (Å²) in [5.74, 6) is 0.808. The average Bonchev–Trinajstić information content (AvgIpc) is 3.19. The summed E-state index contributed by atoms with van der Waals surface area (Å²) in [7, 11) is 0. The van der Waals surface area contributed by atoms with Gasteiger partial charge in [-0.3, -0.25) is 14.9 Å². The Morgan fingerprint density at radius 1 is 1.30 bits per heavy atom. The topological polar surface area (TPSA) is 86.8 Å². The third-order valence-electron chi connectivity index (χ3n) is 4.65. The van der Waals surface area contributed by atoms with Crippen LogP contribution in [0, 0.1) is 0 Å². The zero-order chi connectivity index (χ0) is 15.6. The van der Waals surface area contributed by atoms with E-state index in [9.17, 15) is 4.79 Å². The number of piperidine rings is 1. The molecule has 0 radical (unpaired) electrons. The van der Waals surface area contributed by atoms with Crippen LogP contribution in [-0.4, -0.2) is 45.2 Å². The smallest absolute Gasteiger partial charge is 0.272 e. The third kappa shape index (κ3) is 2.78. The van der Waals surface area contributed by atoms with Crippen LogP contribution in [0.4, 0.5) is 5.82 Å². The van der Waals surface area contributed by atoms with Crippen LogP contribution in [0.5, 0.6) is 0 Å². The molecule has 1 amide bonds. The van der Waals surface area contributed by atoms with Gasteiger partial charge in [0.05, 0.1) is 6.20 Å². The minimum atomic E-state index is -0.0598. The van der Waals surface area contributed by atoms with Crippen molar-refractivity contribution in [1.82, 2.24) is 25.5 Å². The van der Waals surface area contributed by atoms with E-state index in [1.807, 2.05) is 0 Å². The Kier molecular flexibility index (Phi) is 3.69. The first kappa shape index (κ1) is 14.2. The molecule has 1 fully saturated rings. The summed E-state index contributed by atoms with van der Waals surface area (Å²) < 4.78 is 0. The van der Waals surface area contributed by atoms with E-state index in [-0.39, 0.29) is 11.9 Å². The molecule has 1 aliphatic heterocycles. The normalized spacial score (nSPS) is 20.3. The van der Waals surface area contributed by atoms with Crippen molar-refractivity contribution in [2.24, 2.45) is 0 Å². The van der Waals surface area contributed by atoms with Crippen LogP contribution < -0.4 is 10.2 Å². The van der Waals surface area contributed by atoms with E-state index in [1.54, 1.807) is 18.6 Å². The maximum Gasteiger partial charge on any atom is 0.272 e. The third-order valence-corrected chi connectivity index (χ3v) is 4.65. The van der Waals surface area contributed by atoms with E-state index in [0.717, 1.165) is 62.3 Å². The number of H-pyrrole nitrogens is 1. The van der Waals surface area contributed by atoms with Gasteiger partial charge in [-0.15, -0.1) is 0 Å². The fourth-order valence-electron chi connectivity index (χ4n) is 3.52. The molecule has 0 unspecified atom stereocenters. The van der Waals surface area contributed by atoms with E-state index in [1.165, 1.54) is 0 Å². The number of aryl methyl sites for hydroxylation is 1. The van der Waals surface area contributed by atoms with Crippen molar-refractivity contribution in [3.63, 3.8) is 0 Å². The number of amides is 1. The number of fused-ring (bicyclic) bond motifs is 1. The first-order valence-electron chi connectivity index (χ1n) is 8.19. The zero-order valence-corrected chi connectivity index (χ0v) is 13.0. The summed E-state index contributed by atoms with van der Waals surface area (Å²) in [6.45, 7) is 1.71. The molecule has 3 heterocycles. The Balaban J connectivity index is 1.43. The largest absolute Gasteiger partial charge is 0.353 e. The summed E-state index contributed by atoms with van der Waals surface area (Å²) >= 11 is 0. The molecule has 2 aromatic rings. The number of hydrogen-bond donors (Lipinski definition) is 2. The second-order valence-electron chi connectivity index (χ2n) is 6.21. The van der Waals surface area contributed by atoms with Gasteiger partial charge in [0, 0.05) is 42.8 Å². The number of carbonyl (C=O) groups excluding carboxylic acids is 1. The molecule has 2 aromatic heterocycles. The van der Waals surface area contributed by atoms with E-state index in [4.69, 9.17) is 0 Å². The van der Waals surface area contributed by atoms with Gasteiger partial charge in [0.15, 0.2) is 5.69 Å². The van der Waals surface area contributed by atoms with Gasteiger partial charge in [-0.05, 0) is 32.1 Å². The molecule has 7 heteroatoms. The lowest BCUT2D eigenvalue weighted by molar-refractivity contribution is 0.0927. The number of anilines is 1. The SMILES string of the molecule is O=C(N[C@H]1CCCN(c2cnccn2)C1)c1n[nH]c2c1CCC2. The number of carbonyl (C=O) groups is 1. The summed E-state index contributed by atoms with van der Waals surface area (Å²) in [5, 5.41) is 10.3. The number of aromatic nitrogens is 4. The number of nitrogens with one attached hydrogen (secondary N) is 2. The second-order valence-corrected chi connectivity index (χ2v) is 6.21. The summed E-state index contributed by atoms with van der Waals surface area (Å²) in [4.78, 5) is 23.2. The highest BCUT2D eigenvalue weighted by Gasteiger charge is 2.27. The summed E-state index contributed by atoms with van der Waals surface area (Å²) in [6, 6.07) is 0.118. The number of rotatable bonds is 3. The van der Waals surface area contributed by atoms with Gasteiger partial charge in [0.1, 0.15) is 5.82 Å². The maximum atomic E-state index is 12.5. The number of hydrogen-bond acceptors (Lipinski definition) is 5. The van der Waals surface area contributed by atoms with Crippen molar-refractivity contribution >= 4 is 11.7 Å². The van der Waals surface area contributed by atoms with Gasteiger partial charge in [-0.1, -0.05) is 0 Å². The molecule has 2 N–H and O–H groups in total. The molecule has 0 bridgehead atoms. The zero-order valence-electron chi connectivity index (χ0n) is 13.0. The van der Waals surface area contributed by atoms with E-state index in [2.05, 4.69) is 30.4 Å². The molecule has 1 atom stereocenters. The predicted octanol–water partition coefficient (Wildman–Crippen LogP) is 1.09. The van der Waals surface area contributed by atoms with Gasteiger partial charge in [0.2, 0.25) is 0 Å². The van der Waals surface area contributed by atoms with Gasteiger partial charge >= 0.3 is 0 Å². The standard InChI is InChI=1S/C16H20N6O/c23-16(15-12-4-1-5-13(12)20-21-15)19-11-3-2-8-22(10-11)14-9-17-6-7-18-14/h6-7,9,11H,1-5,8,10H2,(H,19,23)(H,20,21)/t11-/m0/s1. The number of aromatic amines is 1. The Bertz CT molecular complexity index is 698. The minimum Gasteiger partial charge on any atom is -0.353 e. The molecule has 0 saturated carbocycles. The Morgan fingerprint density at radius 3 is 3.13 bits per heavy atom. The molecule has 2 aliphatic rings. The van der Waals surface area contributed by atoms with Crippen LogP contribution in [-0.2, 0) is 12.8 Å². The monoisotopic (exact) mass is 312 g/mol. The highest BCUT2D eigenvalue weighted by molar-refractivity contribution is 5.94. The fraction of sp³-hybridized carbons (Fsp3) is 0.500. The average molecular weight is 312 g/mol. The van der Waals surface area contributed by atoms with Crippen molar-refractivity contribution in [2.75, 3.05) is 18.0 Å². The van der Waals surface area contributed by atoms with Crippen LogP contribution >= 0.6 is 0 Å². The van der Waals surface area contributed by atoms with Crippen LogP contribution in [0.25, 0.3) is 0 Å². The van der Waals surface area contributed by atoms with Crippen molar-refractivity contribution in [2.45, 2.75) is 38.1 Å². The second kappa shape index (κ2) is 5.98. The van der Waals surface area contributed by atoms with Crippen LogP contribution in [0.15, 0.2) is 18.6 Å². The Morgan fingerprint density at radius 2 is 2.26 bits per heavy atom. The summed E-state index contributed by atoms with van der Waals surface area (Å²) in [5.41, 5.74) is 2.80. The van der Waals surface area contributed by atoms with E-state index >= 15 is 0 Å². The van der Waals surface area contributed by atoms with Gasteiger partial charge in [-0.25, -0.2) is 4.98 Å². The Labute approximate surface area is 134 Å².